The molecule has 0 aliphatic carbocycles. The molecule has 2 N–H and O–H groups in total. The fourth-order valence-electron chi connectivity index (χ4n) is 2.28. The molecular weight excluding hydrogens is 301 g/mol. The van der Waals surface area contributed by atoms with Gasteiger partial charge in [-0.3, -0.25) is 14.9 Å². The Balaban J connectivity index is 0.00000220. The van der Waals surface area contributed by atoms with Crippen LogP contribution in [0.3, 0.4) is 0 Å². The van der Waals surface area contributed by atoms with Gasteiger partial charge in [0.05, 0.1) is 4.92 Å². The maximum Gasteiger partial charge on any atom is 0.282 e. The second kappa shape index (κ2) is 7.33. The molecule has 1 aromatic carbocycles. The van der Waals surface area contributed by atoms with Gasteiger partial charge in [0, 0.05) is 18.7 Å². The van der Waals surface area contributed by atoms with Crippen LogP contribution in [0.5, 0.6) is 0 Å². The zero-order chi connectivity index (χ0) is 14.7. The van der Waals surface area contributed by atoms with Crippen molar-refractivity contribution in [1.82, 2.24) is 10.6 Å². The van der Waals surface area contributed by atoms with Crippen LogP contribution in [0.1, 0.15) is 23.7 Å². The Morgan fingerprint density at radius 2 is 2.24 bits per heavy atom. The molecule has 8 heteroatoms. The number of piperidine rings is 1. The minimum Gasteiger partial charge on any atom is -0.348 e. The van der Waals surface area contributed by atoms with Gasteiger partial charge in [0.15, 0.2) is 0 Å². The molecule has 0 radical (unpaired) electrons. The first kappa shape index (κ1) is 17.3. The fourth-order valence-corrected chi connectivity index (χ4v) is 2.28. The van der Waals surface area contributed by atoms with Gasteiger partial charge in [-0.15, -0.1) is 12.4 Å². The van der Waals surface area contributed by atoms with Crippen molar-refractivity contribution in [2.45, 2.75) is 19.4 Å². The number of halogens is 2. The molecule has 0 aromatic heterocycles. The van der Waals surface area contributed by atoms with E-state index in [2.05, 4.69) is 10.6 Å². The van der Waals surface area contributed by atoms with Crippen LogP contribution >= 0.6 is 12.4 Å². The largest absolute Gasteiger partial charge is 0.348 e. The van der Waals surface area contributed by atoms with Gasteiger partial charge >= 0.3 is 0 Å². The third kappa shape index (κ3) is 4.12. The summed E-state index contributed by atoms with van der Waals surface area (Å²) in [4.78, 5) is 22.3. The molecule has 1 saturated heterocycles. The number of nitrogens with one attached hydrogen (secondary N) is 2. The highest BCUT2D eigenvalue weighted by atomic mass is 35.5. The van der Waals surface area contributed by atoms with E-state index in [1.165, 1.54) is 0 Å². The molecule has 21 heavy (non-hydrogen) atoms. The Morgan fingerprint density at radius 1 is 1.52 bits per heavy atom. The number of rotatable bonds is 3. The Labute approximate surface area is 127 Å². The van der Waals surface area contributed by atoms with Crippen molar-refractivity contribution in [2.24, 2.45) is 5.92 Å². The zero-order valence-electron chi connectivity index (χ0n) is 11.5. The Kier molecular flexibility index (Phi) is 6.04. The topological polar surface area (TPSA) is 84.3 Å². The van der Waals surface area contributed by atoms with Gasteiger partial charge in [0.25, 0.3) is 11.6 Å². The van der Waals surface area contributed by atoms with E-state index in [-0.39, 0.29) is 35.6 Å². The van der Waals surface area contributed by atoms with Gasteiger partial charge in [-0.05, 0) is 31.0 Å². The van der Waals surface area contributed by atoms with Crippen LogP contribution in [0.4, 0.5) is 10.1 Å². The molecular formula is C13H17ClFN3O3. The minimum atomic E-state index is -0.684. The van der Waals surface area contributed by atoms with Gasteiger partial charge in [-0.2, -0.15) is 0 Å². The lowest BCUT2D eigenvalue weighted by Crippen LogP contribution is -2.50. The summed E-state index contributed by atoms with van der Waals surface area (Å²) in [7, 11) is 0. The average Bonchev–Trinajstić information content (AvgIpc) is 2.40. The number of nitro groups is 1. The van der Waals surface area contributed by atoms with Crippen LogP contribution in [0.25, 0.3) is 0 Å². The van der Waals surface area contributed by atoms with Crippen molar-refractivity contribution in [3.05, 3.63) is 39.7 Å². The number of carbonyl (C=O) groups excluding carboxylic acids is 1. The molecule has 1 heterocycles. The Bertz CT molecular complexity index is 541. The summed E-state index contributed by atoms with van der Waals surface area (Å²) in [5, 5.41) is 16.8. The quantitative estimate of drug-likeness (QED) is 0.658. The number of nitro benzene ring substituents is 1. The first-order chi connectivity index (χ1) is 9.49. The maximum absolute atomic E-state index is 13.2. The number of benzene rings is 1. The van der Waals surface area contributed by atoms with E-state index in [0.29, 0.717) is 6.54 Å². The summed E-state index contributed by atoms with van der Waals surface area (Å²) in [5.41, 5.74) is -0.631. The van der Waals surface area contributed by atoms with Gasteiger partial charge in [-0.1, -0.05) is 6.92 Å². The average molecular weight is 318 g/mol. The summed E-state index contributed by atoms with van der Waals surface area (Å²) in [6.45, 7) is 3.50. The first-order valence-corrected chi connectivity index (χ1v) is 6.44. The lowest BCUT2D eigenvalue weighted by atomic mass is 9.94. The molecule has 2 unspecified atom stereocenters. The smallest absolute Gasteiger partial charge is 0.282 e. The van der Waals surface area contributed by atoms with Crippen molar-refractivity contribution < 1.29 is 14.1 Å². The van der Waals surface area contributed by atoms with Crippen molar-refractivity contribution in [3.63, 3.8) is 0 Å². The molecule has 1 aliphatic rings. The summed E-state index contributed by atoms with van der Waals surface area (Å²) in [6.07, 6.45) is 0.913. The van der Waals surface area contributed by atoms with Crippen LogP contribution in [0, 0.1) is 21.8 Å². The molecule has 6 nitrogen and oxygen atoms in total. The van der Waals surface area contributed by atoms with E-state index >= 15 is 0 Å². The summed E-state index contributed by atoms with van der Waals surface area (Å²) < 4.78 is 13.2. The molecule has 2 rings (SSSR count). The monoisotopic (exact) mass is 317 g/mol. The molecule has 2 atom stereocenters. The zero-order valence-corrected chi connectivity index (χ0v) is 12.3. The predicted octanol–water partition coefficient (Wildman–Crippen LogP) is 1.88. The van der Waals surface area contributed by atoms with Crippen molar-refractivity contribution >= 4 is 24.0 Å². The van der Waals surface area contributed by atoms with Crippen LogP contribution in [0.15, 0.2) is 18.2 Å². The van der Waals surface area contributed by atoms with E-state index in [0.717, 1.165) is 31.2 Å². The first-order valence-electron chi connectivity index (χ1n) is 6.44. The van der Waals surface area contributed by atoms with Crippen molar-refractivity contribution in [2.75, 3.05) is 13.1 Å². The molecule has 0 saturated carbocycles. The number of nitrogens with zero attached hydrogens (tertiary/aromatic N) is 1. The summed E-state index contributed by atoms with van der Waals surface area (Å²) in [5.74, 6) is -1.01. The van der Waals surface area contributed by atoms with Gasteiger partial charge in [-0.25, -0.2) is 4.39 Å². The van der Waals surface area contributed by atoms with E-state index in [9.17, 15) is 19.3 Å². The van der Waals surface area contributed by atoms with E-state index in [1.54, 1.807) is 0 Å². The Hall–Kier alpha value is -1.73. The van der Waals surface area contributed by atoms with Crippen LogP contribution < -0.4 is 10.6 Å². The van der Waals surface area contributed by atoms with E-state index in [4.69, 9.17) is 0 Å². The number of carbonyl (C=O) groups is 1. The second-order valence-corrected chi connectivity index (χ2v) is 4.97. The molecule has 1 fully saturated rings. The standard InChI is InChI=1S/C13H16FN3O3.ClH/c1-8-4-5-15-7-11(8)16-13(18)10-6-9(14)2-3-12(10)17(19)20;/h2-3,6,8,11,15H,4-5,7H2,1H3,(H,16,18);1H. The van der Waals surface area contributed by atoms with Crippen LogP contribution in [-0.2, 0) is 0 Å². The lowest BCUT2D eigenvalue weighted by molar-refractivity contribution is -0.385. The highest BCUT2D eigenvalue weighted by Gasteiger charge is 2.26. The predicted molar refractivity (Wildman–Crippen MR) is 78.2 cm³/mol. The number of hydrogen-bond acceptors (Lipinski definition) is 4. The minimum absolute atomic E-state index is 0. The van der Waals surface area contributed by atoms with Crippen LogP contribution in [-0.4, -0.2) is 30.0 Å². The molecule has 0 bridgehead atoms. The number of hydrogen-bond donors (Lipinski definition) is 2. The highest BCUT2D eigenvalue weighted by molar-refractivity contribution is 5.98. The highest BCUT2D eigenvalue weighted by Crippen LogP contribution is 2.20. The SMILES string of the molecule is CC1CCNCC1NC(=O)c1cc(F)ccc1[N+](=O)[O-].Cl. The van der Waals surface area contributed by atoms with Crippen LogP contribution in [0.2, 0.25) is 0 Å². The van der Waals surface area contributed by atoms with Gasteiger partial charge < -0.3 is 10.6 Å². The third-order valence-electron chi connectivity index (χ3n) is 3.54. The van der Waals surface area contributed by atoms with Crippen molar-refractivity contribution in [3.8, 4) is 0 Å². The van der Waals surface area contributed by atoms with Gasteiger partial charge in [0.2, 0.25) is 0 Å². The van der Waals surface area contributed by atoms with E-state index < -0.39 is 16.6 Å². The summed E-state index contributed by atoms with van der Waals surface area (Å²) in [6, 6.07) is 2.76. The normalized spacial score (nSPS) is 21.2. The maximum atomic E-state index is 13.2. The van der Waals surface area contributed by atoms with Crippen molar-refractivity contribution in [1.29, 1.82) is 0 Å². The molecule has 1 aliphatic heterocycles. The molecule has 0 spiro atoms. The van der Waals surface area contributed by atoms with Gasteiger partial charge in [0.1, 0.15) is 11.4 Å². The van der Waals surface area contributed by atoms with E-state index in [1.807, 2.05) is 6.92 Å². The Morgan fingerprint density at radius 3 is 2.86 bits per heavy atom. The number of amides is 1. The molecule has 1 aromatic rings. The lowest BCUT2D eigenvalue weighted by Gasteiger charge is -2.30. The second-order valence-electron chi connectivity index (χ2n) is 4.97. The summed E-state index contributed by atoms with van der Waals surface area (Å²) >= 11 is 0. The molecule has 116 valence electrons. The fraction of sp³-hybridized carbons (Fsp3) is 0.462. The third-order valence-corrected chi connectivity index (χ3v) is 3.54. The molecule has 1 amide bonds.